The molecule has 0 aliphatic carbocycles. The van der Waals surface area contributed by atoms with Crippen molar-refractivity contribution in [1.29, 1.82) is 0 Å². The molecule has 0 fully saturated rings. The Hall–Kier alpha value is -1.85. The maximum Gasteiger partial charge on any atom is 0.386 e. The molecule has 2 aliphatic heterocycles. The first-order valence-electron chi connectivity index (χ1n) is 9.63. The summed E-state index contributed by atoms with van der Waals surface area (Å²) in [6.45, 7) is 4.06. The fourth-order valence-corrected chi connectivity index (χ4v) is 6.20. The van der Waals surface area contributed by atoms with Gasteiger partial charge >= 0.3 is 7.60 Å². The summed E-state index contributed by atoms with van der Waals surface area (Å²) < 4.78 is 30.5. The van der Waals surface area contributed by atoms with Crippen LogP contribution >= 0.6 is 7.60 Å². The van der Waals surface area contributed by atoms with Gasteiger partial charge in [-0.2, -0.15) is 0 Å². The van der Waals surface area contributed by atoms with Crippen molar-refractivity contribution in [2.24, 2.45) is 0 Å². The molecule has 0 amide bonds. The second-order valence-electron chi connectivity index (χ2n) is 7.19. The average Bonchev–Trinajstić information content (AvgIpc) is 2.71. The zero-order chi connectivity index (χ0) is 19.7. The number of aliphatic hydroxyl groups excluding tert-OH is 1. The van der Waals surface area contributed by atoms with Gasteiger partial charge in [-0.05, 0) is 30.5 Å². The predicted octanol–water partition coefficient (Wildman–Crippen LogP) is 3.78. The number of nitrogens with zero attached hydrogens (tertiary/aromatic N) is 1. The summed E-state index contributed by atoms with van der Waals surface area (Å²) in [5, 5.41) is 11.1. The number of hydrogen-bond acceptors (Lipinski definition) is 6. The Bertz CT molecular complexity index is 902. The van der Waals surface area contributed by atoms with Crippen LogP contribution in [0.5, 0.6) is 11.5 Å². The van der Waals surface area contributed by atoms with Gasteiger partial charge in [-0.25, -0.2) is 4.57 Å². The van der Waals surface area contributed by atoms with Crippen LogP contribution in [0.3, 0.4) is 0 Å². The zero-order valence-corrected chi connectivity index (χ0v) is 17.1. The highest BCUT2D eigenvalue weighted by Gasteiger charge is 2.49. The van der Waals surface area contributed by atoms with E-state index in [0.29, 0.717) is 23.6 Å². The van der Waals surface area contributed by atoms with Crippen molar-refractivity contribution in [1.82, 2.24) is 4.90 Å². The lowest BCUT2D eigenvalue weighted by Gasteiger charge is -2.39. The minimum Gasteiger partial charge on any atom is -0.493 e. The van der Waals surface area contributed by atoms with Crippen LogP contribution in [0.25, 0.3) is 0 Å². The lowest BCUT2D eigenvalue weighted by molar-refractivity contribution is 0.111. The number of benzene rings is 2. The van der Waals surface area contributed by atoms with E-state index in [4.69, 9.17) is 13.8 Å². The van der Waals surface area contributed by atoms with Crippen LogP contribution in [0.1, 0.15) is 29.7 Å². The molecule has 3 atom stereocenters. The number of hydrogen-bond donors (Lipinski definition) is 1. The topological polar surface area (TPSA) is 68.2 Å². The maximum absolute atomic E-state index is 13.6. The molecular formula is C21H26NO5P. The van der Waals surface area contributed by atoms with Crippen LogP contribution in [0, 0.1) is 0 Å². The summed E-state index contributed by atoms with van der Waals surface area (Å²) in [4.78, 5) is 2.22. The van der Waals surface area contributed by atoms with Gasteiger partial charge in [0.05, 0.1) is 19.8 Å². The second-order valence-corrected chi connectivity index (χ2v) is 9.38. The van der Waals surface area contributed by atoms with Crippen molar-refractivity contribution < 1.29 is 23.5 Å². The molecule has 0 saturated heterocycles. The van der Waals surface area contributed by atoms with Crippen molar-refractivity contribution in [3.05, 3.63) is 59.2 Å². The monoisotopic (exact) mass is 403 g/mol. The van der Waals surface area contributed by atoms with Gasteiger partial charge in [0.2, 0.25) is 0 Å². The minimum atomic E-state index is -3.57. The quantitative estimate of drug-likeness (QED) is 0.767. The van der Waals surface area contributed by atoms with Gasteiger partial charge in [0.25, 0.3) is 0 Å². The normalized spacial score (nSPS) is 26.8. The molecule has 2 aromatic rings. The third-order valence-corrected chi connectivity index (χ3v) is 7.81. The van der Waals surface area contributed by atoms with E-state index in [0.717, 1.165) is 19.5 Å². The second kappa shape index (κ2) is 7.88. The number of methoxy groups -OCH3 is 1. The van der Waals surface area contributed by atoms with Crippen LogP contribution < -0.4 is 9.26 Å². The molecule has 0 radical (unpaired) electrons. The van der Waals surface area contributed by atoms with Gasteiger partial charge < -0.3 is 14.4 Å². The SMILES string of the molecule is CCOP1(=O)Oc2c(OC)cccc2C(O)C1CN1CCc2ccccc2C1. The molecule has 2 aliphatic rings. The molecule has 0 aromatic heterocycles. The van der Waals surface area contributed by atoms with E-state index in [-0.39, 0.29) is 6.61 Å². The average molecular weight is 403 g/mol. The van der Waals surface area contributed by atoms with E-state index in [2.05, 4.69) is 23.1 Å². The summed E-state index contributed by atoms with van der Waals surface area (Å²) in [6, 6.07) is 13.7. The Labute approximate surface area is 165 Å². The van der Waals surface area contributed by atoms with E-state index >= 15 is 0 Å². The van der Waals surface area contributed by atoms with Gasteiger partial charge in [-0.3, -0.25) is 9.42 Å². The molecule has 1 N–H and O–H groups in total. The molecule has 3 unspecified atom stereocenters. The first-order chi connectivity index (χ1) is 13.6. The van der Waals surface area contributed by atoms with Crippen LogP contribution in [-0.2, 0) is 22.1 Å². The molecular weight excluding hydrogens is 377 g/mol. The van der Waals surface area contributed by atoms with Gasteiger partial charge in [0, 0.05) is 25.2 Å². The number of rotatable bonds is 5. The van der Waals surface area contributed by atoms with Crippen LogP contribution in [0.4, 0.5) is 0 Å². The largest absolute Gasteiger partial charge is 0.493 e. The summed E-state index contributed by atoms with van der Waals surface area (Å²) in [5.41, 5.74) is 2.56. The summed E-state index contributed by atoms with van der Waals surface area (Å²) in [5.74, 6) is 0.761. The summed E-state index contributed by atoms with van der Waals surface area (Å²) >= 11 is 0. The van der Waals surface area contributed by atoms with E-state index < -0.39 is 19.4 Å². The van der Waals surface area contributed by atoms with Crippen LogP contribution in [0.2, 0.25) is 0 Å². The predicted molar refractivity (Wildman–Crippen MR) is 107 cm³/mol. The lowest BCUT2D eigenvalue weighted by atomic mass is 9.99. The van der Waals surface area contributed by atoms with E-state index in [1.54, 1.807) is 25.1 Å². The molecule has 28 heavy (non-hydrogen) atoms. The molecule has 7 heteroatoms. The van der Waals surface area contributed by atoms with Gasteiger partial charge in [0.1, 0.15) is 5.66 Å². The highest BCUT2D eigenvalue weighted by atomic mass is 31.2. The molecule has 0 saturated carbocycles. The highest BCUT2D eigenvalue weighted by molar-refractivity contribution is 7.55. The number of aliphatic hydroxyl groups is 1. The fourth-order valence-electron chi connectivity index (χ4n) is 4.08. The van der Waals surface area contributed by atoms with Crippen molar-refractivity contribution >= 4 is 7.60 Å². The highest BCUT2D eigenvalue weighted by Crippen LogP contribution is 2.63. The minimum absolute atomic E-state index is 0.244. The Balaban J connectivity index is 1.64. The summed E-state index contributed by atoms with van der Waals surface area (Å²) in [6.07, 6.45) is -0.0168. The van der Waals surface area contributed by atoms with Crippen LogP contribution in [0.15, 0.2) is 42.5 Å². The van der Waals surface area contributed by atoms with Crippen molar-refractivity contribution in [3.8, 4) is 11.5 Å². The smallest absolute Gasteiger partial charge is 0.386 e. The lowest BCUT2D eigenvalue weighted by Crippen LogP contribution is -2.41. The first kappa shape index (κ1) is 19.5. The molecule has 2 aromatic carbocycles. The zero-order valence-electron chi connectivity index (χ0n) is 16.2. The maximum atomic E-state index is 13.6. The molecule has 0 bridgehead atoms. The van der Waals surface area contributed by atoms with Gasteiger partial charge in [-0.1, -0.05) is 36.4 Å². The van der Waals surface area contributed by atoms with Gasteiger partial charge in [-0.15, -0.1) is 0 Å². The van der Waals surface area contributed by atoms with E-state index in [1.165, 1.54) is 18.2 Å². The third kappa shape index (κ3) is 3.46. The fraction of sp³-hybridized carbons (Fsp3) is 0.429. The number of para-hydroxylation sites is 1. The van der Waals surface area contributed by atoms with E-state index in [1.807, 2.05) is 6.07 Å². The Morgan fingerprint density at radius 1 is 1.21 bits per heavy atom. The molecule has 6 nitrogen and oxygen atoms in total. The van der Waals surface area contributed by atoms with E-state index in [9.17, 15) is 9.67 Å². The van der Waals surface area contributed by atoms with Crippen molar-refractivity contribution in [3.63, 3.8) is 0 Å². The summed E-state index contributed by atoms with van der Waals surface area (Å²) in [7, 11) is -2.05. The number of fused-ring (bicyclic) bond motifs is 2. The Morgan fingerprint density at radius 2 is 2.00 bits per heavy atom. The third-order valence-electron chi connectivity index (χ3n) is 5.50. The standard InChI is InChI=1S/C21H26NO5P/c1-3-26-28(24)19(14-22-12-11-15-7-4-5-8-16(15)13-22)20(23)17-9-6-10-18(25-2)21(17)27-28/h4-10,19-20,23H,3,11-14H2,1-2H3. The Kier molecular flexibility index (Phi) is 5.48. The molecule has 0 spiro atoms. The molecule has 2 heterocycles. The van der Waals surface area contributed by atoms with Gasteiger partial charge in [0.15, 0.2) is 11.5 Å². The van der Waals surface area contributed by atoms with Crippen molar-refractivity contribution in [2.75, 3.05) is 26.8 Å². The Morgan fingerprint density at radius 3 is 2.75 bits per heavy atom. The first-order valence-corrected chi connectivity index (χ1v) is 11.2. The van der Waals surface area contributed by atoms with Crippen molar-refractivity contribution in [2.45, 2.75) is 31.7 Å². The van der Waals surface area contributed by atoms with Crippen LogP contribution in [-0.4, -0.2) is 42.5 Å². The molecule has 150 valence electrons. The number of ether oxygens (including phenoxy) is 1. The molecule has 4 rings (SSSR count).